The maximum Gasteiger partial charge on any atom is 0.243 e. The molecule has 150 valence electrons. The molecule has 8 heteroatoms. The van der Waals surface area contributed by atoms with Crippen LogP contribution in [0.5, 0.6) is 0 Å². The van der Waals surface area contributed by atoms with E-state index in [0.29, 0.717) is 18.8 Å². The maximum atomic E-state index is 13.0. The van der Waals surface area contributed by atoms with Crippen molar-refractivity contribution < 1.29 is 17.6 Å². The van der Waals surface area contributed by atoms with Crippen LogP contribution in [0.2, 0.25) is 0 Å². The van der Waals surface area contributed by atoms with E-state index in [-0.39, 0.29) is 23.9 Å². The van der Waals surface area contributed by atoms with Crippen molar-refractivity contribution in [1.29, 1.82) is 0 Å². The molecular weight excluding hydrogens is 399 g/mol. The van der Waals surface area contributed by atoms with Crippen LogP contribution in [-0.2, 0) is 20.6 Å². The number of carbonyl (C=O) groups is 1. The van der Waals surface area contributed by atoms with Gasteiger partial charge in [0.2, 0.25) is 15.9 Å². The fraction of sp³-hybridized carbons (Fsp3) is 0.350. The summed E-state index contributed by atoms with van der Waals surface area (Å²) in [5.41, 5.74) is 2.39. The molecule has 0 N–H and O–H groups in total. The number of hydrogen-bond donors (Lipinski definition) is 0. The van der Waals surface area contributed by atoms with Gasteiger partial charge in [-0.15, -0.1) is 11.8 Å². The van der Waals surface area contributed by atoms with Gasteiger partial charge >= 0.3 is 0 Å². The molecule has 0 aliphatic carbocycles. The molecule has 1 heterocycles. The Morgan fingerprint density at radius 2 is 1.61 bits per heavy atom. The molecule has 1 amide bonds. The Bertz CT molecular complexity index is 907. The normalized spacial score (nSPS) is 15.6. The van der Waals surface area contributed by atoms with Gasteiger partial charge in [-0.05, 0) is 36.8 Å². The number of hydrogen-bond acceptors (Lipinski definition) is 4. The summed E-state index contributed by atoms with van der Waals surface area (Å²) in [5.74, 6) is 0.692. The molecule has 5 nitrogen and oxygen atoms in total. The number of thioether (sulfide) groups is 1. The van der Waals surface area contributed by atoms with E-state index in [1.807, 2.05) is 6.92 Å². The van der Waals surface area contributed by atoms with Crippen LogP contribution in [0, 0.1) is 12.7 Å². The highest BCUT2D eigenvalue weighted by Gasteiger charge is 2.29. The maximum absolute atomic E-state index is 13.0. The summed E-state index contributed by atoms with van der Waals surface area (Å²) >= 11 is 1.56. The number of halogens is 1. The number of piperazine rings is 1. The molecule has 0 atom stereocenters. The van der Waals surface area contributed by atoms with Crippen LogP contribution in [0.25, 0.3) is 0 Å². The van der Waals surface area contributed by atoms with Crippen molar-refractivity contribution in [3.8, 4) is 0 Å². The molecule has 0 spiro atoms. The van der Waals surface area contributed by atoms with Gasteiger partial charge in [0.1, 0.15) is 5.82 Å². The Labute approximate surface area is 169 Å². The van der Waals surface area contributed by atoms with E-state index in [2.05, 4.69) is 24.3 Å². The number of benzene rings is 2. The van der Waals surface area contributed by atoms with Crippen molar-refractivity contribution in [2.45, 2.75) is 17.6 Å². The molecule has 2 aromatic rings. The predicted octanol–water partition coefficient (Wildman–Crippen LogP) is 2.90. The lowest BCUT2D eigenvalue weighted by molar-refractivity contribution is -0.129. The van der Waals surface area contributed by atoms with Gasteiger partial charge in [0.15, 0.2) is 0 Å². The Hall–Kier alpha value is -1.90. The smallest absolute Gasteiger partial charge is 0.243 e. The number of amides is 1. The van der Waals surface area contributed by atoms with Crippen LogP contribution in [0.3, 0.4) is 0 Å². The van der Waals surface area contributed by atoms with E-state index in [1.54, 1.807) is 16.7 Å². The lowest BCUT2D eigenvalue weighted by Gasteiger charge is -2.34. The molecule has 1 saturated heterocycles. The molecule has 1 fully saturated rings. The summed E-state index contributed by atoms with van der Waals surface area (Å²) < 4.78 is 39.6. The van der Waals surface area contributed by atoms with E-state index >= 15 is 0 Å². The number of nitrogens with zero attached hydrogens (tertiary/aromatic N) is 2. The molecule has 28 heavy (non-hydrogen) atoms. The summed E-state index contributed by atoms with van der Waals surface area (Å²) in [7, 11) is -3.66. The third kappa shape index (κ3) is 5.12. The Morgan fingerprint density at radius 3 is 2.21 bits per heavy atom. The molecule has 0 aromatic heterocycles. The first kappa shape index (κ1) is 20.8. The number of aryl methyl sites for hydroxylation is 1. The minimum absolute atomic E-state index is 0.0240. The zero-order valence-corrected chi connectivity index (χ0v) is 17.3. The zero-order chi connectivity index (χ0) is 20.1. The molecular formula is C20H23FN2O3S2. The van der Waals surface area contributed by atoms with Crippen molar-refractivity contribution in [2.75, 3.05) is 31.9 Å². The van der Waals surface area contributed by atoms with Crippen LogP contribution in [0.1, 0.15) is 11.1 Å². The highest BCUT2D eigenvalue weighted by molar-refractivity contribution is 7.99. The topological polar surface area (TPSA) is 57.7 Å². The van der Waals surface area contributed by atoms with Crippen LogP contribution in [0.4, 0.5) is 4.39 Å². The molecule has 0 radical (unpaired) electrons. The van der Waals surface area contributed by atoms with Crippen molar-refractivity contribution in [3.63, 3.8) is 0 Å². The van der Waals surface area contributed by atoms with Gasteiger partial charge in [0, 0.05) is 31.9 Å². The Morgan fingerprint density at radius 1 is 1.00 bits per heavy atom. The van der Waals surface area contributed by atoms with Crippen molar-refractivity contribution in [1.82, 2.24) is 9.21 Å². The Balaban J connectivity index is 1.48. The van der Waals surface area contributed by atoms with Crippen LogP contribution >= 0.6 is 11.8 Å². The summed E-state index contributed by atoms with van der Waals surface area (Å²) in [4.78, 5) is 14.2. The molecule has 1 aliphatic rings. The highest BCUT2D eigenvalue weighted by atomic mass is 32.2. The number of carbonyl (C=O) groups excluding carboxylic acids is 1. The van der Waals surface area contributed by atoms with Crippen molar-refractivity contribution in [2.24, 2.45) is 0 Å². The third-order valence-electron chi connectivity index (χ3n) is 4.66. The minimum atomic E-state index is -3.66. The van der Waals surface area contributed by atoms with E-state index in [0.717, 1.165) is 17.9 Å². The third-order valence-corrected chi connectivity index (χ3v) is 7.56. The first-order chi connectivity index (χ1) is 13.4. The summed E-state index contributed by atoms with van der Waals surface area (Å²) in [6, 6.07) is 13.0. The van der Waals surface area contributed by atoms with Gasteiger partial charge in [-0.25, -0.2) is 12.8 Å². The molecule has 0 saturated carbocycles. The van der Waals surface area contributed by atoms with E-state index in [1.165, 1.54) is 27.6 Å². The van der Waals surface area contributed by atoms with E-state index in [9.17, 15) is 17.6 Å². The second-order valence-electron chi connectivity index (χ2n) is 6.72. The largest absolute Gasteiger partial charge is 0.339 e. The SMILES string of the molecule is Cc1ccc(CSCC(=O)N2CCN(S(=O)(=O)c3ccc(F)cc3)CC2)cc1. The zero-order valence-electron chi connectivity index (χ0n) is 15.7. The van der Waals surface area contributed by atoms with E-state index in [4.69, 9.17) is 0 Å². The molecule has 0 bridgehead atoms. The lowest BCUT2D eigenvalue weighted by atomic mass is 10.2. The first-order valence-corrected chi connectivity index (χ1v) is 11.6. The molecule has 1 aliphatic heterocycles. The Kier molecular flexibility index (Phi) is 6.74. The second-order valence-corrected chi connectivity index (χ2v) is 9.64. The molecule has 3 rings (SSSR count). The van der Waals surface area contributed by atoms with Gasteiger partial charge in [-0.2, -0.15) is 4.31 Å². The van der Waals surface area contributed by atoms with Gasteiger partial charge in [0.25, 0.3) is 0 Å². The van der Waals surface area contributed by atoms with Gasteiger partial charge < -0.3 is 4.90 Å². The molecule has 0 unspecified atom stereocenters. The standard InChI is InChI=1S/C20H23FN2O3S2/c1-16-2-4-17(5-3-16)14-27-15-20(24)22-10-12-23(13-11-22)28(25,26)19-8-6-18(21)7-9-19/h2-9H,10-15H2,1H3. The fourth-order valence-electron chi connectivity index (χ4n) is 2.97. The number of sulfonamides is 1. The quantitative estimate of drug-likeness (QED) is 0.718. The van der Waals surface area contributed by atoms with Crippen LogP contribution in [0.15, 0.2) is 53.4 Å². The fourth-order valence-corrected chi connectivity index (χ4v) is 5.27. The van der Waals surface area contributed by atoms with Crippen molar-refractivity contribution >= 4 is 27.7 Å². The van der Waals surface area contributed by atoms with Gasteiger partial charge in [-0.1, -0.05) is 29.8 Å². The predicted molar refractivity (Wildman–Crippen MR) is 109 cm³/mol. The summed E-state index contributed by atoms with van der Waals surface area (Å²) in [6.45, 7) is 3.26. The molecule has 2 aromatic carbocycles. The van der Waals surface area contributed by atoms with E-state index < -0.39 is 15.8 Å². The van der Waals surface area contributed by atoms with Gasteiger partial charge in [-0.3, -0.25) is 4.79 Å². The average Bonchev–Trinajstić information content (AvgIpc) is 2.70. The van der Waals surface area contributed by atoms with Crippen LogP contribution < -0.4 is 0 Å². The summed E-state index contributed by atoms with van der Waals surface area (Å²) in [5, 5.41) is 0. The highest BCUT2D eigenvalue weighted by Crippen LogP contribution is 2.19. The second kappa shape index (κ2) is 9.07. The summed E-state index contributed by atoms with van der Waals surface area (Å²) in [6.07, 6.45) is 0. The van der Waals surface area contributed by atoms with Gasteiger partial charge in [0.05, 0.1) is 10.6 Å². The first-order valence-electron chi connectivity index (χ1n) is 9.03. The minimum Gasteiger partial charge on any atom is -0.339 e. The lowest BCUT2D eigenvalue weighted by Crippen LogP contribution is -2.50. The van der Waals surface area contributed by atoms with Crippen molar-refractivity contribution in [3.05, 3.63) is 65.5 Å². The average molecular weight is 423 g/mol. The van der Waals surface area contributed by atoms with Crippen LogP contribution in [-0.4, -0.2) is 55.5 Å². The monoisotopic (exact) mass is 422 g/mol. The number of rotatable bonds is 6.